The lowest BCUT2D eigenvalue weighted by Crippen LogP contribution is -2.51. The van der Waals surface area contributed by atoms with Gasteiger partial charge < -0.3 is 10.2 Å². The second-order valence-electron chi connectivity index (χ2n) is 8.24. The summed E-state index contributed by atoms with van der Waals surface area (Å²) in [5, 5.41) is 19.0. The number of rotatable bonds is 6. The van der Waals surface area contributed by atoms with Gasteiger partial charge >= 0.3 is 0 Å². The van der Waals surface area contributed by atoms with Gasteiger partial charge in [0, 0.05) is 13.2 Å². The Labute approximate surface area is 136 Å². The zero-order chi connectivity index (χ0) is 16.4. The number of fused-ring (bicyclic) bond motifs is 1. The molecule has 0 aliphatic heterocycles. The first kappa shape index (κ1) is 17.7. The lowest BCUT2D eigenvalue weighted by Gasteiger charge is -2.58. The van der Waals surface area contributed by atoms with E-state index in [1.807, 2.05) is 0 Å². The van der Waals surface area contributed by atoms with Crippen LogP contribution in [0.15, 0.2) is 24.3 Å². The van der Waals surface area contributed by atoms with E-state index in [0.717, 1.165) is 31.3 Å². The summed E-state index contributed by atoms with van der Waals surface area (Å²) in [6.07, 6.45) is 8.71. The summed E-state index contributed by atoms with van der Waals surface area (Å²) < 4.78 is 0. The fraction of sp³-hybridized carbons (Fsp3) is 0.800. The molecule has 0 saturated heterocycles. The van der Waals surface area contributed by atoms with E-state index in [4.69, 9.17) is 5.11 Å². The van der Waals surface area contributed by atoms with E-state index in [2.05, 4.69) is 27.0 Å². The Morgan fingerprint density at radius 1 is 1.23 bits per heavy atom. The zero-order valence-corrected chi connectivity index (χ0v) is 14.5. The predicted molar refractivity (Wildman–Crippen MR) is 92.6 cm³/mol. The molecule has 4 atom stereocenters. The van der Waals surface area contributed by atoms with Crippen LogP contribution in [0.5, 0.6) is 0 Å². The quantitative estimate of drug-likeness (QED) is 0.710. The minimum absolute atomic E-state index is 0.0774. The van der Waals surface area contributed by atoms with Gasteiger partial charge in [-0.25, -0.2) is 0 Å². The van der Waals surface area contributed by atoms with Gasteiger partial charge in [0.1, 0.15) is 0 Å². The van der Waals surface area contributed by atoms with E-state index in [1.165, 1.54) is 24.8 Å². The molecule has 0 aromatic rings. The first-order valence-electron chi connectivity index (χ1n) is 8.93. The number of allylic oxidation sites excluding steroid dienone is 1. The molecular weight excluding hydrogens is 272 g/mol. The van der Waals surface area contributed by atoms with Gasteiger partial charge in [-0.3, -0.25) is 0 Å². The maximum Gasteiger partial charge on any atom is 0.0487 e. The van der Waals surface area contributed by atoms with Crippen molar-refractivity contribution in [2.24, 2.45) is 22.7 Å². The first-order chi connectivity index (χ1) is 10.4. The topological polar surface area (TPSA) is 40.5 Å². The van der Waals surface area contributed by atoms with E-state index in [1.54, 1.807) is 0 Å². The van der Waals surface area contributed by atoms with Crippen molar-refractivity contribution in [2.75, 3.05) is 13.2 Å². The molecule has 2 aliphatic rings. The van der Waals surface area contributed by atoms with Crippen molar-refractivity contribution in [1.82, 2.24) is 0 Å². The van der Waals surface area contributed by atoms with Crippen LogP contribution in [0.4, 0.5) is 0 Å². The van der Waals surface area contributed by atoms with E-state index < -0.39 is 0 Å². The fourth-order valence-corrected chi connectivity index (χ4v) is 5.44. The Bertz CT molecular complexity index is 427. The molecule has 2 fully saturated rings. The molecule has 2 heteroatoms. The third-order valence-electron chi connectivity index (χ3n) is 6.76. The van der Waals surface area contributed by atoms with Gasteiger partial charge in [-0.15, -0.1) is 0 Å². The lowest BCUT2D eigenvalue weighted by atomic mass is 9.47. The molecule has 22 heavy (non-hydrogen) atoms. The molecule has 2 saturated carbocycles. The van der Waals surface area contributed by atoms with Crippen LogP contribution in [0, 0.1) is 22.7 Å². The SMILES string of the molecule is C=C(CCO)CC[C@H]1C(=C)CC[C@H]2[C@@](C)(CO)CCC[C@]12C. The highest BCUT2D eigenvalue weighted by Gasteiger charge is 2.53. The number of aliphatic hydroxyl groups is 2. The van der Waals surface area contributed by atoms with Crippen molar-refractivity contribution in [3.05, 3.63) is 24.3 Å². The van der Waals surface area contributed by atoms with Crippen LogP contribution >= 0.6 is 0 Å². The lowest BCUT2D eigenvalue weighted by molar-refractivity contribution is -0.0858. The van der Waals surface area contributed by atoms with Crippen molar-refractivity contribution in [2.45, 2.75) is 65.2 Å². The van der Waals surface area contributed by atoms with Crippen molar-refractivity contribution >= 4 is 0 Å². The molecule has 0 spiro atoms. The van der Waals surface area contributed by atoms with Crippen molar-refractivity contribution in [3.63, 3.8) is 0 Å². The Kier molecular flexibility index (Phi) is 5.55. The average molecular weight is 306 g/mol. The fourth-order valence-electron chi connectivity index (χ4n) is 5.44. The molecule has 0 radical (unpaired) electrons. The summed E-state index contributed by atoms with van der Waals surface area (Å²) >= 11 is 0. The van der Waals surface area contributed by atoms with Gasteiger partial charge in [0.15, 0.2) is 0 Å². The van der Waals surface area contributed by atoms with E-state index in [0.29, 0.717) is 24.9 Å². The Balaban J connectivity index is 2.17. The van der Waals surface area contributed by atoms with Crippen LogP contribution < -0.4 is 0 Å². The van der Waals surface area contributed by atoms with Gasteiger partial charge in [-0.2, -0.15) is 0 Å². The van der Waals surface area contributed by atoms with Crippen LogP contribution in [-0.2, 0) is 0 Å². The molecule has 2 nitrogen and oxygen atoms in total. The summed E-state index contributed by atoms with van der Waals surface area (Å²) in [4.78, 5) is 0. The molecule has 126 valence electrons. The third kappa shape index (κ3) is 3.19. The zero-order valence-electron chi connectivity index (χ0n) is 14.5. The Hall–Kier alpha value is -0.600. The smallest absolute Gasteiger partial charge is 0.0487 e. The van der Waals surface area contributed by atoms with Crippen molar-refractivity contribution in [3.8, 4) is 0 Å². The normalized spacial score (nSPS) is 38.6. The molecule has 2 N–H and O–H groups in total. The van der Waals surface area contributed by atoms with Gasteiger partial charge in [-0.05, 0) is 67.6 Å². The maximum absolute atomic E-state index is 9.98. The number of hydrogen-bond acceptors (Lipinski definition) is 2. The molecule has 0 amide bonds. The standard InChI is InChI=1S/C20H34O2/c1-15(10-13-21)6-8-17-16(2)7-9-18-19(3,14-22)11-5-12-20(17,18)4/h17-18,21-22H,1-2,5-14H2,3-4H3/t17-,18-,19+,20+/m0/s1. The summed E-state index contributed by atoms with van der Waals surface area (Å²) in [6.45, 7) is 13.7. The Morgan fingerprint density at radius 2 is 1.95 bits per heavy atom. The highest BCUT2D eigenvalue weighted by atomic mass is 16.3. The van der Waals surface area contributed by atoms with Gasteiger partial charge in [0.2, 0.25) is 0 Å². The van der Waals surface area contributed by atoms with Gasteiger partial charge in [0.05, 0.1) is 0 Å². The molecule has 0 unspecified atom stereocenters. The molecule has 0 aromatic heterocycles. The third-order valence-corrected chi connectivity index (χ3v) is 6.76. The predicted octanol–water partition coefficient (Wildman–Crippen LogP) is 4.48. The Morgan fingerprint density at radius 3 is 2.59 bits per heavy atom. The molecule has 0 bridgehead atoms. The number of hydrogen-bond donors (Lipinski definition) is 2. The molecule has 2 rings (SSSR count). The van der Waals surface area contributed by atoms with Crippen LogP contribution in [0.25, 0.3) is 0 Å². The van der Waals surface area contributed by atoms with Crippen molar-refractivity contribution < 1.29 is 10.2 Å². The molecule has 0 aromatic carbocycles. The highest BCUT2D eigenvalue weighted by molar-refractivity contribution is 5.17. The second kappa shape index (κ2) is 6.88. The van der Waals surface area contributed by atoms with Crippen molar-refractivity contribution in [1.29, 1.82) is 0 Å². The minimum atomic E-state index is 0.0774. The molecule has 2 aliphatic carbocycles. The van der Waals surface area contributed by atoms with Gasteiger partial charge in [-0.1, -0.05) is 44.6 Å². The van der Waals surface area contributed by atoms with Crippen LogP contribution in [0.2, 0.25) is 0 Å². The van der Waals surface area contributed by atoms with Crippen LogP contribution in [-0.4, -0.2) is 23.4 Å². The maximum atomic E-state index is 9.98. The summed E-state index contributed by atoms with van der Waals surface area (Å²) in [5.74, 6) is 1.13. The van der Waals surface area contributed by atoms with E-state index in [-0.39, 0.29) is 17.4 Å². The summed E-state index contributed by atoms with van der Waals surface area (Å²) in [7, 11) is 0. The first-order valence-corrected chi connectivity index (χ1v) is 8.93. The van der Waals surface area contributed by atoms with E-state index >= 15 is 0 Å². The monoisotopic (exact) mass is 306 g/mol. The average Bonchev–Trinajstić information content (AvgIpc) is 2.46. The molecule has 0 heterocycles. The summed E-state index contributed by atoms with van der Waals surface area (Å²) in [5.41, 5.74) is 2.90. The number of aliphatic hydroxyl groups excluding tert-OH is 2. The molecular formula is C20H34O2. The van der Waals surface area contributed by atoms with Crippen LogP contribution in [0.3, 0.4) is 0 Å². The highest BCUT2D eigenvalue weighted by Crippen LogP contribution is 2.61. The van der Waals surface area contributed by atoms with Crippen LogP contribution in [0.1, 0.15) is 65.2 Å². The second-order valence-corrected chi connectivity index (χ2v) is 8.24. The minimum Gasteiger partial charge on any atom is -0.396 e. The van der Waals surface area contributed by atoms with E-state index in [9.17, 15) is 5.11 Å². The summed E-state index contributed by atoms with van der Waals surface area (Å²) in [6, 6.07) is 0. The van der Waals surface area contributed by atoms with Gasteiger partial charge in [0.25, 0.3) is 0 Å². The largest absolute Gasteiger partial charge is 0.396 e.